The molecule has 3 unspecified atom stereocenters. The van der Waals surface area contributed by atoms with Crippen molar-refractivity contribution in [3.05, 3.63) is 29.8 Å². The molecule has 1 fully saturated rings. The highest BCUT2D eigenvalue weighted by atomic mass is 16.5. The van der Waals surface area contributed by atoms with Crippen molar-refractivity contribution in [3.8, 4) is 5.75 Å². The van der Waals surface area contributed by atoms with E-state index >= 15 is 0 Å². The van der Waals surface area contributed by atoms with Gasteiger partial charge in [-0.3, -0.25) is 9.69 Å². The van der Waals surface area contributed by atoms with E-state index in [4.69, 9.17) is 4.74 Å². The van der Waals surface area contributed by atoms with E-state index in [0.717, 1.165) is 18.7 Å². The predicted molar refractivity (Wildman–Crippen MR) is 98.1 cm³/mol. The Hall–Kier alpha value is -1.55. The first kappa shape index (κ1) is 18.8. The summed E-state index contributed by atoms with van der Waals surface area (Å²) in [5.41, 5.74) is 1.19. The molecule has 1 aromatic rings. The molecule has 1 saturated carbocycles. The van der Waals surface area contributed by atoms with Gasteiger partial charge in [0.15, 0.2) is 0 Å². The minimum absolute atomic E-state index is 0.134. The molecular weight excluding hydrogens is 300 g/mol. The summed E-state index contributed by atoms with van der Waals surface area (Å²) < 4.78 is 5.46. The molecule has 0 heterocycles. The number of carbonyl (C=O) groups is 1. The van der Waals surface area contributed by atoms with Crippen LogP contribution in [0.15, 0.2) is 24.3 Å². The molecule has 0 spiro atoms. The van der Waals surface area contributed by atoms with Gasteiger partial charge in [-0.15, -0.1) is 0 Å². The number of hydrogen-bond acceptors (Lipinski definition) is 3. The summed E-state index contributed by atoms with van der Waals surface area (Å²) in [6, 6.07) is 8.42. The number of hydrogen-bond donors (Lipinski definition) is 1. The lowest BCUT2D eigenvalue weighted by atomic mass is 9.78. The van der Waals surface area contributed by atoms with Crippen LogP contribution < -0.4 is 10.1 Å². The summed E-state index contributed by atoms with van der Waals surface area (Å²) in [6.07, 6.45) is 3.61. The lowest BCUT2D eigenvalue weighted by molar-refractivity contribution is -0.123. The fourth-order valence-electron chi connectivity index (χ4n) is 3.51. The number of amides is 1. The second-order valence-corrected chi connectivity index (χ2v) is 7.19. The third-order valence-electron chi connectivity index (χ3n) is 5.15. The summed E-state index contributed by atoms with van der Waals surface area (Å²) in [6.45, 7) is 8.41. The second kappa shape index (κ2) is 9.07. The summed E-state index contributed by atoms with van der Waals surface area (Å²) in [7, 11) is 1.99. The first-order valence-electron chi connectivity index (χ1n) is 9.19. The standard InChI is InChI=1S/C20H32N2O2/c1-5-24-18-11-9-17(10-12-18)13-22(4)14-20(23)21-19-8-6-7-15(2)16(19)3/h9-12,15-16,19H,5-8,13-14H2,1-4H3,(H,21,23). The average molecular weight is 332 g/mol. The van der Waals surface area contributed by atoms with E-state index < -0.39 is 0 Å². The number of likely N-dealkylation sites (N-methyl/N-ethyl adjacent to an activating group) is 1. The monoisotopic (exact) mass is 332 g/mol. The summed E-state index contributed by atoms with van der Waals surface area (Å²) >= 11 is 0. The number of benzene rings is 1. The fraction of sp³-hybridized carbons (Fsp3) is 0.650. The van der Waals surface area contributed by atoms with Crippen LogP contribution >= 0.6 is 0 Å². The molecule has 0 aromatic heterocycles. The smallest absolute Gasteiger partial charge is 0.234 e. The third-order valence-corrected chi connectivity index (χ3v) is 5.15. The Kier molecular flexibility index (Phi) is 7.10. The van der Waals surface area contributed by atoms with Crippen LogP contribution in [-0.4, -0.2) is 37.0 Å². The fourth-order valence-corrected chi connectivity index (χ4v) is 3.51. The summed E-state index contributed by atoms with van der Waals surface area (Å²) in [5, 5.41) is 3.24. The van der Waals surface area contributed by atoms with E-state index in [-0.39, 0.29) is 5.91 Å². The van der Waals surface area contributed by atoms with Gasteiger partial charge in [0.05, 0.1) is 13.2 Å². The van der Waals surface area contributed by atoms with Gasteiger partial charge in [0, 0.05) is 12.6 Å². The molecule has 0 bridgehead atoms. The zero-order valence-electron chi connectivity index (χ0n) is 15.5. The van der Waals surface area contributed by atoms with Crippen LogP contribution in [0.4, 0.5) is 0 Å². The molecule has 3 atom stereocenters. The molecular formula is C20H32N2O2. The number of nitrogens with one attached hydrogen (secondary N) is 1. The van der Waals surface area contributed by atoms with Crippen LogP contribution in [-0.2, 0) is 11.3 Å². The highest BCUT2D eigenvalue weighted by molar-refractivity contribution is 5.78. The van der Waals surface area contributed by atoms with Crippen molar-refractivity contribution in [1.82, 2.24) is 10.2 Å². The number of rotatable bonds is 7. The van der Waals surface area contributed by atoms with Crippen LogP contribution in [0.2, 0.25) is 0 Å². The molecule has 134 valence electrons. The molecule has 1 aliphatic carbocycles. The largest absolute Gasteiger partial charge is 0.494 e. The first-order chi connectivity index (χ1) is 11.5. The molecule has 4 heteroatoms. The lowest BCUT2D eigenvalue weighted by Gasteiger charge is -2.35. The number of nitrogens with zero attached hydrogens (tertiary/aromatic N) is 1. The zero-order valence-corrected chi connectivity index (χ0v) is 15.5. The van der Waals surface area contributed by atoms with Gasteiger partial charge in [-0.2, -0.15) is 0 Å². The van der Waals surface area contributed by atoms with Crippen LogP contribution in [0.25, 0.3) is 0 Å². The van der Waals surface area contributed by atoms with Crippen molar-refractivity contribution in [3.63, 3.8) is 0 Å². The van der Waals surface area contributed by atoms with Crippen molar-refractivity contribution < 1.29 is 9.53 Å². The Morgan fingerprint density at radius 1 is 1.25 bits per heavy atom. The molecule has 1 aliphatic rings. The van der Waals surface area contributed by atoms with Gasteiger partial charge in [0.1, 0.15) is 5.75 Å². The third kappa shape index (κ3) is 5.52. The maximum Gasteiger partial charge on any atom is 0.234 e. The SMILES string of the molecule is CCOc1ccc(CN(C)CC(=O)NC2CCCC(C)C2C)cc1. The Morgan fingerprint density at radius 2 is 1.96 bits per heavy atom. The van der Waals surface area contributed by atoms with Gasteiger partial charge in [-0.1, -0.05) is 38.8 Å². The van der Waals surface area contributed by atoms with E-state index in [1.54, 1.807) is 0 Å². The van der Waals surface area contributed by atoms with Gasteiger partial charge in [-0.05, 0) is 49.9 Å². The number of carbonyl (C=O) groups excluding carboxylic acids is 1. The quantitative estimate of drug-likeness (QED) is 0.831. The molecule has 0 aliphatic heterocycles. The Labute approximate surface area is 146 Å². The minimum Gasteiger partial charge on any atom is -0.494 e. The predicted octanol–water partition coefficient (Wildman–Crippen LogP) is 3.46. The molecule has 4 nitrogen and oxygen atoms in total. The highest BCUT2D eigenvalue weighted by Crippen LogP contribution is 2.29. The highest BCUT2D eigenvalue weighted by Gasteiger charge is 2.28. The van der Waals surface area contributed by atoms with Crippen molar-refractivity contribution in [2.45, 2.75) is 52.6 Å². The normalized spacial score (nSPS) is 24.0. The van der Waals surface area contributed by atoms with E-state index in [9.17, 15) is 4.79 Å². The van der Waals surface area contributed by atoms with E-state index in [0.29, 0.717) is 31.0 Å². The Bertz CT molecular complexity index is 515. The molecule has 1 N–H and O–H groups in total. The molecule has 1 aromatic carbocycles. The van der Waals surface area contributed by atoms with E-state index in [2.05, 4.69) is 36.2 Å². The molecule has 0 saturated heterocycles. The summed E-state index contributed by atoms with van der Waals surface area (Å²) in [5.74, 6) is 2.29. The molecule has 2 rings (SSSR count). The maximum absolute atomic E-state index is 12.3. The Morgan fingerprint density at radius 3 is 2.62 bits per heavy atom. The van der Waals surface area contributed by atoms with Crippen LogP contribution in [0.1, 0.15) is 45.6 Å². The lowest BCUT2D eigenvalue weighted by Crippen LogP contribution is -2.46. The van der Waals surface area contributed by atoms with Gasteiger partial charge < -0.3 is 10.1 Å². The van der Waals surface area contributed by atoms with Crippen molar-refractivity contribution in [1.29, 1.82) is 0 Å². The molecule has 0 radical (unpaired) electrons. The molecule has 1 amide bonds. The van der Waals surface area contributed by atoms with E-state index in [1.807, 2.05) is 26.1 Å². The van der Waals surface area contributed by atoms with Gasteiger partial charge in [0.25, 0.3) is 0 Å². The first-order valence-corrected chi connectivity index (χ1v) is 9.19. The summed E-state index contributed by atoms with van der Waals surface area (Å²) in [4.78, 5) is 14.4. The van der Waals surface area contributed by atoms with Gasteiger partial charge >= 0.3 is 0 Å². The van der Waals surface area contributed by atoms with Crippen molar-refractivity contribution in [2.75, 3.05) is 20.2 Å². The van der Waals surface area contributed by atoms with Gasteiger partial charge in [-0.25, -0.2) is 0 Å². The average Bonchev–Trinajstić information content (AvgIpc) is 2.54. The van der Waals surface area contributed by atoms with E-state index in [1.165, 1.54) is 18.4 Å². The topological polar surface area (TPSA) is 41.6 Å². The van der Waals surface area contributed by atoms with Gasteiger partial charge in [0.2, 0.25) is 5.91 Å². The van der Waals surface area contributed by atoms with Crippen LogP contribution in [0.5, 0.6) is 5.75 Å². The van der Waals surface area contributed by atoms with Crippen LogP contribution in [0, 0.1) is 11.8 Å². The maximum atomic E-state index is 12.3. The zero-order chi connectivity index (χ0) is 17.5. The Balaban J connectivity index is 1.78. The second-order valence-electron chi connectivity index (χ2n) is 7.19. The molecule has 24 heavy (non-hydrogen) atoms. The van der Waals surface area contributed by atoms with Crippen molar-refractivity contribution >= 4 is 5.91 Å². The minimum atomic E-state index is 0.134. The van der Waals surface area contributed by atoms with Crippen molar-refractivity contribution in [2.24, 2.45) is 11.8 Å². The van der Waals surface area contributed by atoms with Crippen LogP contribution in [0.3, 0.4) is 0 Å². The number of ether oxygens (including phenoxy) is 1.